The molecular formula is C12H19N3. The summed E-state index contributed by atoms with van der Waals surface area (Å²) in [7, 11) is 0. The summed E-state index contributed by atoms with van der Waals surface area (Å²) in [6.45, 7) is 7.68. The van der Waals surface area contributed by atoms with Gasteiger partial charge in [-0.15, -0.1) is 0 Å². The van der Waals surface area contributed by atoms with Gasteiger partial charge in [0.15, 0.2) is 0 Å². The maximum Gasteiger partial charge on any atom is 0.0544 e. The highest BCUT2D eigenvalue weighted by Crippen LogP contribution is 2.11. The average molecular weight is 205 g/mol. The van der Waals surface area contributed by atoms with Crippen molar-refractivity contribution in [2.24, 2.45) is 0 Å². The second-order valence-electron chi connectivity index (χ2n) is 4.27. The average Bonchev–Trinajstić information content (AvgIpc) is 2.26. The zero-order valence-corrected chi connectivity index (χ0v) is 9.48. The van der Waals surface area contributed by atoms with Crippen LogP contribution < -0.4 is 5.32 Å². The molecule has 0 bridgehead atoms. The van der Waals surface area contributed by atoms with Gasteiger partial charge in [0.05, 0.1) is 5.69 Å². The molecular weight excluding hydrogens is 186 g/mol. The number of hydrogen-bond donors (Lipinski definition) is 1. The lowest BCUT2D eigenvalue weighted by Crippen LogP contribution is -2.54. The number of nitrogens with one attached hydrogen (secondary N) is 1. The molecule has 1 aliphatic rings. The fourth-order valence-corrected chi connectivity index (χ4v) is 2.05. The molecule has 0 aliphatic carbocycles. The monoisotopic (exact) mass is 205 g/mol. The van der Waals surface area contributed by atoms with Gasteiger partial charge in [-0.25, -0.2) is 0 Å². The number of rotatable bonds is 2. The highest BCUT2D eigenvalue weighted by molar-refractivity contribution is 5.04. The molecule has 2 unspecified atom stereocenters. The van der Waals surface area contributed by atoms with Gasteiger partial charge in [0.2, 0.25) is 0 Å². The van der Waals surface area contributed by atoms with Crippen LogP contribution in [-0.2, 0) is 6.54 Å². The van der Waals surface area contributed by atoms with Crippen LogP contribution >= 0.6 is 0 Å². The van der Waals surface area contributed by atoms with Gasteiger partial charge in [0.25, 0.3) is 0 Å². The molecule has 2 atom stereocenters. The van der Waals surface area contributed by atoms with Gasteiger partial charge < -0.3 is 5.32 Å². The van der Waals surface area contributed by atoms with Crippen LogP contribution in [-0.4, -0.2) is 35.1 Å². The molecule has 15 heavy (non-hydrogen) atoms. The summed E-state index contributed by atoms with van der Waals surface area (Å²) < 4.78 is 0. The first kappa shape index (κ1) is 10.6. The number of hydrogen-bond acceptors (Lipinski definition) is 3. The fourth-order valence-electron chi connectivity index (χ4n) is 2.05. The molecule has 1 aliphatic heterocycles. The molecule has 2 heterocycles. The minimum atomic E-state index is 0.572. The first-order valence-electron chi connectivity index (χ1n) is 5.64. The Morgan fingerprint density at radius 1 is 1.47 bits per heavy atom. The van der Waals surface area contributed by atoms with E-state index in [1.165, 1.54) is 5.69 Å². The Balaban J connectivity index is 1.99. The third kappa shape index (κ3) is 2.55. The molecule has 1 aromatic rings. The third-order valence-corrected chi connectivity index (χ3v) is 3.26. The molecule has 1 saturated heterocycles. The van der Waals surface area contributed by atoms with Crippen molar-refractivity contribution >= 4 is 0 Å². The van der Waals surface area contributed by atoms with Crippen LogP contribution in [0, 0.1) is 0 Å². The van der Waals surface area contributed by atoms with Gasteiger partial charge in [0.1, 0.15) is 0 Å². The summed E-state index contributed by atoms with van der Waals surface area (Å²) in [6, 6.07) is 7.27. The lowest BCUT2D eigenvalue weighted by atomic mass is 10.1. The number of pyridine rings is 1. The smallest absolute Gasteiger partial charge is 0.0544 e. The van der Waals surface area contributed by atoms with Crippen molar-refractivity contribution in [1.29, 1.82) is 0 Å². The van der Waals surface area contributed by atoms with Crippen molar-refractivity contribution in [3.63, 3.8) is 0 Å². The van der Waals surface area contributed by atoms with E-state index < -0.39 is 0 Å². The Kier molecular flexibility index (Phi) is 3.34. The normalized spacial score (nSPS) is 27.9. The van der Waals surface area contributed by atoms with E-state index in [1.807, 2.05) is 12.3 Å². The zero-order valence-electron chi connectivity index (χ0n) is 9.48. The van der Waals surface area contributed by atoms with Crippen molar-refractivity contribution < 1.29 is 0 Å². The Labute approximate surface area is 91.5 Å². The number of aromatic nitrogens is 1. The molecule has 1 aromatic heterocycles. The van der Waals surface area contributed by atoms with Crippen molar-refractivity contribution in [3.05, 3.63) is 30.1 Å². The summed E-state index contributed by atoms with van der Waals surface area (Å²) in [5.41, 5.74) is 1.17. The van der Waals surface area contributed by atoms with E-state index in [2.05, 4.69) is 41.2 Å². The predicted molar refractivity (Wildman–Crippen MR) is 61.6 cm³/mol. The lowest BCUT2D eigenvalue weighted by Gasteiger charge is -2.38. The van der Waals surface area contributed by atoms with Crippen LogP contribution in [0.25, 0.3) is 0 Å². The largest absolute Gasteiger partial charge is 0.311 e. The SMILES string of the molecule is CC1NCCN(Cc2ccccn2)C1C. The second kappa shape index (κ2) is 4.73. The summed E-state index contributed by atoms with van der Waals surface area (Å²) in [5, 5.41) is 3.49. The molecule has 3 nitrogen and oxygen atoms in total. The Morgan fingerprint density at radius 2 is 2.33 bits per heavy atom. The van der Waals surface area contributed by atoms with E-state index in [9.17, 15) is 0 Å². The third-order valence-electron chi connectivity index (χ3n) is 3.26. The molecule has 0 aromatic carbocycles. The summed E-state index contributed by atoms with van der Waals surface area (Å²) in [6.07, 6.45) is 1.87. The van der Waals surface area contributed by atoms with E-state index in [0.717, 1.165) is 19.6 Å². The van der Waals surface area contributed by atoms with Gasteiger partial charge in [-0.05, 0) is 26.0 Å². The Hall–Kier alpha value is -0.930. The van der Waals surface area contributed by atoms with E-state index in [1.54, 1.807) is 0 Å². The van der Waals surface area contributed by atoms with Crippen LogP contribution in [0.15, 0.2) is 24.4 Å². The van der Waals surface area contributed by atoms with Crippen molar-refractivity contribution in [3.8, 4) is 0 Å². The quantitative estimate of drug-likeness (QED) is 0.788. The molecule has 2 rings (SSSR count). The highest BCUT2D eigenvalue weighted by atomic mass is 15.2. The van der Waals surface area contributed by atoms with E-state index >= 15 is 0 Å². The maximum absolute atomic E-state index is 4.37. The first-order valence-corrected chi connectivity index (χ1v) is 5.64. The highest BCUT2D eigenvalue weighted by Gasteiger charge is 2.23. The minimum absolute atomic E-state index is 0.572. The first-order chi connectivity index (χ1) is 7.27. The van der Waals surface area contributed by atoms with Gasteiger partial charge in [-0.1, -0.05) is 6.07 Å². The molecule has 0 radical (unpaired) electrons. The molecule has 3 heteroatoms. The van der Waals surface area contributed by atoms with E-state index in [4.69, 9.17) is 0 Å². The van der Waals surface area contributed by atoms with Gasteiger partial charge >= 0.3 is 0 Å². The molecule has 1 fully saturated rings. The van der Waals surface area contributed by atoms with Crippen molar-refractivity contribution in [1.82, 2.24) is 15.2 Å². The van der Waals surface area contributed by atoms with Gasteiger partial charge in [-0.2, -0.15) is 0 Å². The van der Waals surface area contributed by atoms with Crippen LogP contribution in [0.3, 0.4) is 0 Å². The van der Waals surface area contributed by atoms with Crippen LogP contribution in [0.5, 0.6) is 0 Å². The van der Waals surface area contributed by atoms with Crippen LogP contribution in [0.2, 0.25) is 0 Å². The summed E-state index contributed by atoms with van der Waals surface area (Å²) >= 11 is 0. The maximum atomic E-state index is 4.37. The van der Waals surface area contributed by atoms with Gasteiger partial charge in [0, 0.05) is 37.9 Å². The van der Waals surface area contributed by atoms with E-state index in [-0.39, 0.29) is 0 Å². The lowest BCUT2D eigenvalue weighted by molar-refractivity contribution is 0.129. The van der Waals surface area contributed by atoms with E-state index in [0.29, 0.717) is 12.1 Å². The van der Waals surface area contributed by atoms with Crippen molar-refractivity contribution in [2.75, 3.05) is 13.1 Å². The molecule has 82 valence electrons. The molecule has 0 saturated carbocycles. The number of piperazine rings is 1. The Morgan fingerprint density at radius 3 is 3.07 bits per heavy atom. The van der Waals surface area contributed by atoms with Crippen molar-refractivity contribution in [2.45, 2.75) is 32.5 Å². The fraction of sp³-hybridized carbons (Fsp3) is 0.583. The Bertz CT molecular complexity index is 299. The molecule has 0 amide bonds. The minimum Gasteiger partial charge on any atom is -0.311 e. The van der Waals surface area contributed by atoms with Crippen LogP contribution in [0.4, 0.5) is 0 Å². The van der Waals surface area contributed by atoms with Crippen LogP contribution in [0.1, 0.15) is 19.5 Å². The van der Waals surface area contributed by atoms with Gasteiger partial charge in [-0.3, -0.25) is 9.88 Å². The predicted octanol–water partition coefficient (Wildman–Crippen LogP) is 1.26. The molecule has 0 spiro atoms. The summed E-state index contributed by atoms with van der Waals surface area (Å²) in [5.74, 6) is 0. The standard InChI is InChI=1S/C12H19N3/c1-10-11(2)15(8-7-13-10)9-12-5-3-4-6-14-12/h3-6,10-11,13H,7-9H2,1-2H3. The number of nitrogens with zero attached hydrogens (tertiary/aromatic N) is 2. The summed E-state index contributed by atoms with van der Waals surface area (Å²) in [4.78, 5) is 6.86. The zero-order chi connectivity index (χ0) is 10.7. The molecule has 1 N–H and O–H groups in total. The topological polar surface area (TPSA) is 28.2 Å². The second-order valence-corrected chi connectivity index (χ2v) is 4.27.